The fraction of sp³-hybridized carbons (Fsp3) is 0.533. The first-order valence-electron chi connectivity index (χ1n) is 7.07. The standard InChI is InChI=1S/C15H20F2N2O2/c1-10-2-5-12(6-13(10)21-9-14(16)17)19-15(20)8-18-7-11-3-4-11/h2,5-6,11,14,18H,3-4,7-9H2,1H3,(H,19,20). The number of nitrogens with one attached hydrogen (secondary N) is 2. The summed E-state index contributed by atoms with van der Waals surface area (Å²) in [6.07, 6.45) is -0.0521. The van der Waals surface area contributed by atoms with Gasteiger partial charge in [-0.3, -0.25) is 4.79 Å². The number of carbonyl (C=O) groups excluding carboxylic acids is 1. The molecule has 1 fully saturated rings. The van der Waals surface area contributed by atoms with Crippen LogP contribution in [0.15, 0.2) is 18.2 Å². The van der Waals surface area contributed by atoms with Crippen LogP contribution in [0.25, 0.3) is 0 Å². The van der Waals surface area contributed by atoms with E-state index >= 15 is 0 Å². The summed E-state index contributed by atoms with van der Waals surface area (Å²) in [6.45, 7) is 2.23. The molecule has 0 radical (unpaired) electrons. The lowest BCUT2D eigenvalue weighted by Gasteiger charge is -2.12. The lowest BCUT2D eigenvalue weighted by molar-refractivity contribution is -0.115. The van der Waals surface area contributed by atoms with Gasteiger partial charge in [-0.15, -0.1) is 0 Å². The molecule has 0 bridgehead atoms. The van der Waals surface area contributed by atoms with Crippen molar-refractivity contribution >= 4 is 11.6 Å². The number of hydrogen-bond acceptors (Lipinski definition) is 3. The van der Waals surface area contributed by atoms with Crippen molar-refractivity contribution in [2.75, 3.05) is 25.0 Å². The third-order valence-corrected chi connectivity index (χ3v) is 3.25. The minimum Gasteiger partial charge on any atom is -0.487 e. The SMILES string of the molecule is Cc1ccc(NC(=O)CNCC2CC2)cc1OCC(F)F. The third-order valence-electron chi connectivity index (χ3n) is 3.25. The van der Waals surface area contributed by atoms with Crippen molar-refractivity contribution in [1.82, 2.24) is 5.32 Å². The Morgan fingerprint density at radius 3 is 2.86 bits per heavy atom. The summed E-state index contributed by atoms with van der Waals surface area (Å²) in [5.74, 6) is 0.921. The molecule has 0 saturated heterocycles. The number of halogens is 2. The van der Waals surface area contributed by atoms with E-state index in [1.807, 2.05) is 0 Å². The van der Waals surface area contributed by atoms with Gasteiger partial charge >= 0.3 is 0 Å². The molecule has 2 rings (SSSR count). The zero-order chi connectivity index (χ0) is 15.2. The van der Waals surface area contributed by atoms with Crippen LogP contribution in [0, 0.1) is 12.8 Å². The predicted octanol–water partition coefficient (Wildman–Crippen LogP) is 2.58. The third kappa shape index (κ3) is 5.67. The van der Waals surface area contributed by atoms with Crippen molar-refractivity contribution in [3.63, 3.8) is 0 Å². The smallest absolute Gasteiger partial charge is 0.272 e. The molecule has 1 aromatic rings. The second-order valence-corrected chi connectivity index (χ2v) is 5.30. The van der Waals surface area contributed by atoms with Gasteiger partial charge in [-0.05, 0) is 43.9 Å². The highest BCUT2D eigenvalue weighted by Crippen LogP contribution is 2.27. The Morgan fingerprint density at radius 1 is 1.43 bits per heavy atom. The van der Waals surface area contributed by atoms with Crippen LogP contribution in [0.1, 0.15) is 18.4 Å². The van der Waals surface area contributed by atoms with Crippen molar-refractivity contribution in [1.29, 1.82) is 0 Å². The molecule has 1 amide bonds. The Labute approximate surface area is 122 Å². The van der Waals surface area contributed by atoms with Crippen LogP contribution in [0.4, 0.5) is 14.5 Å². The molecule has 1 aliphatic carbocycles. The Balaban J connectivity index is 1.83. The van der Waals surface area contributed by atoms with Crippen molar-refractivity contribution < 1.29 is 18.3 Å². The van der Waals surface area contributed by atoms with Crippen molar-refractivity contribution in [2.24, 2.45) is 5.92 Å². The van der Waals surface area contributed by atoms with Gasteiger partial charge in [0.25, 0.3) is 6.43 Å². The first kappa shape index (κ1) is 15.7. The van der Waals surface area contributed by atoms with E-state index in [2.05, 4.69) is 10.6 Å². The van der Waals surface area contributed by atoms with Crippen molar-refractivity contribution in [3.05, 3.63) is 23.8 Å². The number of hydrogen-bond donors (Lipinski definition) is 2. The molecule has 0 atom stereocenters. The number of benzene rings is 1. The topological polar surface area (TPSA) is 50.4 Å². The summed E-state index contributed by atoms with van der Waals surface area (Å²) in [7, 11) is 0. The van der Waals surface area contributed by atoms with Crippen molar-refractivity contribution in [2.45, 2.75) is 26.2 Å². The summed E-state index contributed by atoms with van der Waals surface area (Å²) >= 11 is 0. The molecule has 0 aromatic heterocycles. The van der Waals surface area contributed by atoms with Crippen LogP contribution >= 0.6 is 0 Å². The van der Waals surface area contributed by atoms with Gasteiger partial charge in [0.05, 0.1) is 6.54 Å². The summed E-state index contributed by atoms with van der Waals surface area (Å²) in [5, 5.41) is 5.81. The number of rotatable bonds is 8. The van der Waals surface area contributed by atoms with E-state index in [1.54, 1.807) is 25.1 Å². The average molecular weight is 298 g/mol. The van der Waals surface area contributed by atoms with Gasteiger partial charge in [-0.1, -0.05) is 6.07 Å². The Kier molecular flexibility index (Phi) is 5.50. The molecule has 1 aromatic carbocycles. The molecule has 1 saturated carbocycles. The zero-order valence-corrected chi connectivity index (χ0v) is 12.0. The van der Waals surface area contributed by atoms with Crippen LogP contribution in [-0.4, -0.2) is 32.0 Å². The molecule has 116 valence electrons. The van der Waals surface area contributed by atoms with Gasteiger partial charge in [0.2, 0.25) is 5.91 Å². The molecule has 1 aliphatic rings. The first-order chi connectivity index (χ1) is 10.0. The maximum absolute atomic E-state index is 12.2. The van der Waals surface area contributed by atoms with E-state index in [1.165, 1.54) is 12.8 Å². The number of alkyl halides is 2. The van der Waals surface area contributed by atoms with E-state index in [4.69, 9.17) is 4.74 Å². The minimum absolute atomic E-state index is 0.153. The number of ether oxygens (including phenoxy) is 1. The van der Waals surface area contributed by atoms with Gasteiger partial charge < -0.3 is 15.4 Å². The lowest BCUT2D eigenvalue weighted by Crippen LogP contribution is -2.29. The Bertz CT molecular complexity index is 491. The second-order valence-electron chi connectivity index (χ2n) is 5.30. The van der Waals surface area contributed by atoms with Gasteiger partial charge in [0.15, 0.2) is 0 Å². The van der Waals surface area contributed by atoms with Gasteiger partial charge in [-0.25, -0.2) is 8.78 Å². The van der Waals surface area contributed by atoms with Crippen LogP contribution in [0.3, 0.4) is 0 Å². The molecule has 4 nitrogen and oxygen atoms in total. The monoisotopic (exact) mass is 298 g/mol. The molecular formula is C15H20F2N2O2. The molecule has 0 unspecified atom stereocenters. The Hall–Kier alpha value is -1.69. The molecule has 21 heavy (non-hydrogen) atoms. The first-order valence-corrected chi connectivity index (χ1v) is 7.07. The number of anilines is 1. The van der Waals surface area contributed by atoms with E-state index in [0.717, 1.165) is 12.1 Å². The maximum atomic E-state index is 12.2. The molecule has 2 N–H and O–H groups in total. The summed E-state index contributed by atoms with van der Waals surface area (Å²) in [4.78, 5) is 11.7. The predicted molar refractivity (Wildman–Crippen MR) is 76.9 cm³/mol. The van der Waals surface area contributed by atoms with Gasteiger partial charge in [0.1, 0.15) is 12.4 Å². The number of amides is 1. The van der Waals surface area contributed by atoms with Gasteiger partial charge in [0, 0.05) is 11.8 Å². The van der Waals surface area contributed by atoms with Gasteiger partial charge in [-0.2, -0.15) is 0 Å². The van der Waals surface area contributed by atoms with E-state index in [9.17, 15) is 13.6 Å². The van der Waals surface area contributed by atoms with E-state index < -0.39 is 13.0 Å². The zero-order valence-electron chi connectivity index (χ0n) is 12.0. The molecular weight excluding hydrogens is 278 g/mol. The maximum Gasteiger partial charge on any atom is 0.272 e. The summed E-state index contributed by atoms with van der Waals surface area (Å²) in [6, 6.07) is 5.02. The Morgan fingerprint density at radius 2 is 2.19 bits per heavy atom. The number of aryl methyl sites for hydroxylation is 1. The molecule has 0 heterocycles. The second kappa shape index (κ2) is 7.36. The quantitative estimate of drug-likeness (QED) is 0.775. The van der Waals surface area contributed by atoms with Crippen LogP contribution in [0.5, 0.6) is 5.75 Å². The van der Waals surface area contributed by atoms with Crippen LogP contribution in [-0.2, 0) is 4.79 Å². The normalized spacial score (nSPS) is 14.3. The molecule has 6 heteroatoms. The average Bonchev–Trinajstić information content (AvgIpc) is 3.23. The lowest BCUT2D eigenvalue weighted by atomic mass is 10.2. The van der Waals surface area contributed by atoms with Crippen LogP contribution in [0.2, 0.25) is 0 Å². The van der Waals surface area contributed by atoms with E-state index in [0.29, 0.717) is 17.4 Å². The largest absolute Gasteiger partial charge is 0.487 e. The molecule has 0 spiro atoms. The summed E-state index contributed by atoms with van der Waals surface area (Å²) in [5.41, 5.74) is 1.29. The molecule has 0 aliphatic heterocycles. The minimum atomic E-state index is -2.52. The van der Waals surface area contributed by atoms with E-state index in [-0.39, 0.29) is 12.5 Å². The van der Waals surface area contributed by atoms with Crippen molar-refractivity contribution in [3.8, 4) is 5.75 Å². The fourth-order valence-corrected chi connectivity index (χ4v) is 1.90. The highest BCUT2D eigenvalue weighted by atomic mass is 19.3. The fourth-order valence-electron chi connectivity index (χ4n) is 1.90. The number of carbonyl (C=O) groups is 1. The highest BCUT2D eigenvalue weighted by molar-refractivity contribution is 5.92. The summed E-state index contributed by atoms with van der Waals surface area (Å²) < 4.78 is 29.4. The van der Waals surface area contributed by atoms with Crippen LogP contribution < -0.4 is 15.4 Å². The highest BCUT2D eigenvalue weighted by Gasteiger charge is 2.20.